The lowest BCUT2D eigenvalue weighted by atomic mass is 10.2. The summed E-state index contributed by atoms with van der Waals surface area (Å²) >= 11 is 1.03. The van der Waals surface area contributed by atoms with Gasteiger partial charge in [0.1, 0.15) is 21.7 Å². The van der Waals surface area contributed by atoms with Crippen molar-refractivity contribution in [2.75, 3.05) is 0 Å². The summed E-state index contributed by atoms with van der Waals surface area (Å²) in [5.41, 5.74) is 0.754. The lowest BCUT2D eigenvalue weighted by Crippen LogP contribution is -2.38. The highest BCUT2D eigenvalue weighted by Crippen LogP contribution is 2.29. The van der Waals surface area contributed by atoms with Crippen LogP contribution in [0.15, 0.2) is 24.3 Å². The zero-order valence-corrected chi connectivity index (χ0v) is 12.2. The minimum absolute atomic E-state index is 0.279. The molecule has 0 aliphatic heterocycles. The van der Waals surface area contributed by atoms with Gasteiger partial charge >= 0.3 is 5.97 Å². The number of aryl methyl sites for hydroxylation is 1. The number of carbonyl (C=O) groups is 2. The van der Waals surface area contributed by atoms with Gasteiger partial charge in [0, 0.05) is 5.56 Å². The Hall–Kier alpha value is -2.28. The maximum atomic E-state index is 13.7. The molecular weight excluding hydrogens is 295 g/mol. The van der Waals surface area contributed by atoms with Crippen molar-refractivity contribution >= 4 is 23.2 Å². The lowest BCUT2D eigenvalue weighted by molar-refractivity contribution is -0.138. The number of thiazole rings is 1. The van der Waals surface area contributed by atoms with E-state index in [9.17, 15) is 14.0 Å². The van der Waals surface area contributed by atoms with Gasteiger partial charge in [-0.15, -0.1) is 11.3 Å². The quantitative estimate of drug-likeness (QED) is 0.909. The maximum absolute atomic E-state index is 13.7. The van der Waals surface area contributed by atoms with E-state index in [4.69, 9.17) is 5.11 Å². The molecule has 1 aromatic carbocycles. The summed E-state index contributed by atoms with van der Waals surface area (Å²) in [6, 6.07) is 5.15. The van der Waals surface area contributed by atoms with Gasteiger partial charge in [0.2, 0.25) is 0 Å². The van der Waals surface area contributed by atoms with E-state index in [2.05, 4.69) is 10.3 Å². The summed E-state index contributed by atoms with van der Waals surface area (Å²) in [5.74, 6) is -2.07. The Bertz CT molecular complexity index is 699. The Morgan fingerprint density at radius 3 is 2.67 bits per heavy atom. The highest BCUT2D eigenvalue weighted by atomic mass is 32.1. The van der Waals surface area contributed by atoms with Crippen LogP contribution >= 0.6 is 11.3 Å². The van der Waals surface area contributed by atoms with Crippen molar-refractivity contribution in [3.63, 3.8) is 0 Å². The summed E-state index contributed by atoms with van der Waals surface area (Å²) in [5, 5.41) is 11.5. The SMILES string of the molecule is Cc1nc(-c2ccccc2F)sc1C(=O)N[C@H](C)C(=O)O. The van der Waals surface area contributed by atoms with Gasteiger partial charge in [-0.25, -0.2) is 9.37 Å². The fourth-order valence-corrected chi connectivity index (χ4v) is 2.68. The molecule has 2 aromatic rings. The number of amides is 1. The van der Waals surface area contributed by atoms with Gasteiger partial charge in [-0.1, -0.05) is 12.1 Å². The van der Waals surface area contributed by atoms with Crippen LogP contribution in [0.2, 0.25) is 0 Å². The number of benzene rings is 1. The number of nitrogens with zero attached hydrogens (tertiary/aromatic N) is 1. The molecule has 1 aromatic heterocycles. The first-order valence-corrected chi connectivity index (χ1v) is 6.97. The Labute approximate surface area is 124 Å². The average molecular weight is 308 g/mol. The summed E-state index contributed by atoms with van der Waals surface area (Å²) in [6.45, 7) is 3.00. The number of halogens is 1. The van der Waals surface area contributed by atoms with Crippen molar-refractivity contribution < 1.29 is 19.1 Å². The van der Waals surface area contributed by atoms with Gasteiger partial charge in [0.05, 0.1) is 5.69 Å². The number of hydrogen-bond donors (Lipinski definition) is 2. The van der Waals surface area contributed by atoms with Crippen LogP contribution in [-0.4, -0.2) is 28.0 Å². The van der Waals surface area contributed by atoms with E-state index in [-0.39, 0.29) is 4.88 Å². The largest absolute Gasteiger partial charge is 0.480 e. The van der Waals surface area contributed by atoms with Crippen molar-refractivity contribution in [3.8, 4) is 10.6 Å². The van der Waals surface area contributed by atoms with Crippen LogP contribution < -0.4 is 5.32 Å². The highest BCUT2D eigenvalue weighted by molar-refractivity contribution is 7.17. The van der Waals surface area contributed by atoms with E-state index in [0.29, 0.717) is 16.3 Å². The van der Waals surface area contributed by atoms with E-state index in [1.165, 1.54) is 13.0 Å². The summed E-state index contributed by atoms with van der Waals surface area (Å²) in [4.78, 5) is 27.2. The first kappa shape index (κ1) is 15.1. The lowest BCUT2D eigenvalue weighted by Gasteiger charge is -2.07. The minimum atomic E-state index is -1.13. The van der Waals surface area contributed by atoms with Crippen LogP contribution in [0.25, 0.3) is 10.6 Å². The molecule has 1 amide bonds. The first-order valence-electron chi connectivity index (χ1n) is 6.16. The normalized spacial score (nSPS) is 12.0. The average Bonchev–Trinajstić information content (AvgIpc) is 2.81. The van der Waals surface area contributed by atoms with E-state index < -0.39 is 23.7 Å². The van der Waals surface area contributed by atoms with Crippen molar-refractivity contribution in [1.82, 2.24) is 10.3 Å². The monoisotopic (exact) mass is 308 g/mol. The topological polar surface area (TPSA) is 79.3 Å². The molecule has 0 fully saturated rings. The molecule has 0 spiro atoms. The molecule has 0 radical (unpaired) electrons. The van der Waals surface area contributed by atoms with Gasteiger partial charge in [0.15, 0.2) is 0 Å². The summed E-state index contributed by atoms with van der Waals surface area (Å²) in [6.07, 6.45) is 0. The predicted molar refractivity (Wildman–Crippen MR) is 76.8 cm³/mol. The number of carboxylic acid groups (broad SMARTS) is 1. The number of nitrogens with one attached hydrogen (secondary N) is 1. The van der Waals surface area contributed by atoms with Gasteiger partial charge in [-0.05, 0) is 26.0 Å². The molecule has 1 heterocycles. The first-order chi connectivity index (χ1) is 9.90. The molecule has 1 atom stereocenters. The molecule has 0 aliphatic carbocycles. The Kier molecular flexibility index (Phi) is 4.32. The van der Waals surface area contributed by atoms with E-state index in [0.717, 1.165) is 11.3 Å². The summed E-state index contributed by atoms with van der Waals surface area (Å²) in [7, 11) is 0. The molecule has 0 bridgehead atoms. The van der Waals surface area contributed by atoms with Crippen molar-refractivity contribution in [2.24, 2.45) is 0 Å². The Morgan fingerprint density at radius 1 is 1.38 bits per heavy atom. The van der Waals surface area contributed by atoms with Gasteiger partial charge in [0.25, 0.3) is 5.91 Å². The van der Waals surface area contributed by atoms with Crippen molar-refractivity contribution in [3.05, 3.63) is 40.7 Å². The van der Waals surface area contributed by atoms with Gasteiger partial charge in [-0.3, -0.25) is 9.59 Å². The standard InChI is InChI=1S/C14H13FN2O3S/c1-7-11(12(18)16-8(2)14(19)20)21-13(17-7)9-5-3-4-6-10(9)15/h3-6,8H,1-2H3,(H,16,18)(H,19,20)/t8-/m1/s1. The summed E-state index contributed by atoms with van der Waals surface area (Å²) < 4.78 is 13.7. The Morgan fingerprint density at radius 2 is 2.05 bits per heavy atom. The number of rotatable bonds is 4. The van der Waals surface area contributed by atoms with Crippen LogP contribution in [0.5, 0.6) is 0 Å². The molecule has 0 unspecified atom stereocenters. The van der Waals surface area contributed by atoms with E-state index in [1.54, 1.807) is 25.1 Å². The number of carbonyl (C=O) groups excluding carboxylic acids is 1. The Balaban J connectivity index is 2.30. The molecular formula is C14H13FN2O3S. The number of aliphatic carboxylic acids is 1. The van der Waals surface area contributed by atoms with Crippen LogP contribution in [0, 0.1) is 12.7 Å². The third-order valence-electron chi connectivity index (χ3n) is 2.83. The maximum Gasteiger partial charge on any atom is 0.325 e. The molecule has 2 rings (SSSR count). The smallest absolute Gasteiger partial charge is 0.325 e. The second-order valence-electron chi connectivity index (χ2n) is 4.45. The van der Waals surface area contributed by atoms with E-state index in [1.807, 2.05) is 0 Å². The third kappa shape index (κ3) is 3.25. The zero-order chi connectivity index (χ0) is 15.6. The minimum Gasteiger partial charge on any atom is -0.480 e. The van der Waals surface area contributed by atoms with Crippen molar-refractivity contribution in [2.45, 2.75) is 19.9 Å². The second kappa shape index (κ2) is 6.01. The molecule has 5 nitrogen and oxygen atoms in total. The number of hydrogen-bond acceptors (Lipinski definition) is 4. The van der Waals surface area contributed by atoms with Crippen molar-refractivity contribution in [1.29, 1.82) is 0 Å². The molecule has 7 heteroatoms. The fourth-order valence-electron chi connectivity index (χ4n) is 1.68. The highest BCUT2D eigenvalue weighted by Gasteiger charge is 2.21. The molecule has 0 saturated heterocycles. The van der Waals surface area contributed by atoms with Crippen LogP contribution in [0.1, 0.15) is 22.3 Å². The van der Waals surface area contributed by atoms with Crippen LogP contribution in [-0.2, 0) is 4.79 Å². The molecule has 0 saturated carbocycles. The fraction of sp³-hybridized carbons (Fsp3) is 0.214. The van der Waals surface area contributed by atoms with Crippen LogP contribution in [0.4, 0.5) is 4.39 Å². The van der Waals surface area contributed by atoms with Gasteiger partial charge in [-0.2, -0.15) is 0 Å². The number of carboxylic acids is 1. The second-order valence-corrected chi connectivity index (χ2v) is 5.45. The predicted octanol–water partition coefficient (Wildman–Crippen LogP) is 2.46. The van der Waals surface area contributed by atoms with Crippen LogP contribution in [0.3, 0.4) is 0 Å². The third-order valence-corrected chi connectivity index (χ3v) is 4.01. The molecule has 0 aliphatic rings. The zero-order valence-electron chi connectivity index (χ0n) is 11.4. The molecule has 21 heavy (non-hydrogen) atoms. The molecule has 110 valence electrons. The van der Waals surface area contributed by atoms with E-state index >= 15 is 0 Å². The number of aromatic nitrogens is 1. The molecule has 2 N–H and O–H groups in total. The van der Waals surface area contributed by atoms with Gasteiger partial charge < -0.3 is 10.4 Å².